The quantitative estimate of drug-likeness (QED) is 0.871. The van der Waals surface area contributed by atoms with Crippen LogP contribution in [0.3, 0.4) is 0 Å². The Kier molecular flexibility index (Phi) is 3.83. The van der Waals surface area contributed by atoms with E-state index in [0.29, 0.717) is 22.6 Å². The van der Waals surface area contributed by atoms with Crippen LogP contribution in [0.4, 0.5) is 0 Å². The first kappa shape index (κ1) is 13.3. The van der Waals surface area contributed by atoms with Crippen molar-refractivity contribution in [2.24, 2.45) is 0 Å². The summed E-state index contributed by atoms with van der Waals surface area (Å²) in [6.45, 7) is 0.185. The molecule has 0 aromatic heterocycles. The van der Waals surface area contributed by atoms with Gasteiger partial charge in [-0.3, -0.25) is 4.79 Å². The fraction of sp³-hybridized carbons (Fsp3) is 0.400. The van der Waals surface area contributed by atoms with Crippen molar-refractivity contribution in [2.45, 2.75) is 31.7 Å². The lowest BCUT2D eigenvalue weighted by Crippen LogP contribution is -2.30. The Balaban J connectivity index is 1.66. The van der Waals surface area contributed by atoms with Crippen LogP contribution in [0, 0.1) is 0 Å². The van der Waals surface area contributed by atoms with E-state index in [-0.39, 0.29) is 12.7 Å². The second kappa shape index (κ2) is 5.75. The zero-order valence-electron chi connectivity index (χ0n) is 11.0. The molecule has 0 radical (unpaired) electrons. The SMILES string of the molecule is O=C(/C=C/c1cc(Cl)c2c(c1)OCO2)NC1CCCC1. The van der Waals surface area contributed by atoms with E-state index in [1.165, 1.54) is 18.9 Å². The summed E-state index contributed by atoms with van der Waals surface area (Å²) in [5.74, 6) is 1.12. The number of hydrogen-bond acceptors (Lipinski definition) is 3. The molecule has 0 saturated heterocycles. The zero-order chi connectivity index (χ0) is 13.9. The molecule has 106 valence electrons. The van der Waals surface area contributed by atoms with Crippen LogP contribution in [-0.4, -0.2) is 18.7 Å². The van der Waals surface area contributed by atoms with E-state index >= 15 is 0 Å². The summed E-state index contributed by atoms with van der Waals surface area (Å²) in [7, 11) is 0. The van der Waals surface area contributed by atoms with Crippen molar-refractivity contribution in [3.8, 4) is 11.5 Å². The summed E-state index contributed by atoms with van der Waals surface area (Å²) in [4.78, 5) is 11.8. The normalized spacial score (nSPS) is 17.9. The Morgan fingerprint density at radius 3 is 2.90 bits per heavy atom. The van der Waals surface area contributed by atoms with Gasteiger partial charge in [0.1, 0.15) is 0 Å². The third kappa shape index (κ3) is 2.90. The smallest absolute Gasteiger partial charge is 0.244 e. The maximum Gasteiger partial charge on any atom is 0.244 e. The number of carbonyl (C=O) groups is 1. The number of rotatable bonds is 3. The van der Waals surface area contributed by atoms with E-state index < -0.39 is 0 Å². The van der Waals surface area contributed by atoms with Crippen LogP contribution < -0.4 is 14.8 Å². The van der Waals surface area contributed by atoms with Gasteiger partial charge in [0, 0.05) is 12.1 Å². The number of carbonyl (C=O) groups excluding carboxylic acids is 1. The highest BCUT2D eigenvalue weighted by Crippen LogP contribution is 2.40. The second-order valence-electron chi connectivity index (χ2n) is 5.06. The van der Waals surface area contributed by atoms with Crippen molar-refractivity contribution in [1.82, 2.24) is 5.32 Å². The molecule has 0 unspecified atom stereocenters. The second-order valence-corrected chi connectivity index (χ2v) is 5.47. The Bertz CT molecular complexity index is 550. The number of halogens is 1. The lowest BCUT2D eigenvalue weighted by atomic mass is 10.2. The molecule has 1 aromatic carbocycles. The van der Waals surface area contributed by atoms with Crippen LogP contribution in [0.1, 0.15) is 31.2 Å². The van der Waals surface area contributed by atoms with Crippen molar-refractivity contribution < 1.29 is 14.3 Å². The number of fused-ring (bicyclic) bond motifs is 1. The first-order valence-corrected chi connectivity index (χ1v) is 7.18. The van der Waals surface area contributed by atoms with Crippen LogP contribution in [0.5, 0.6) is 11.5 Å². The summed E-state index contributed by atoms with van der Waals surface area (Å²) < 4.78 is 10.5. The topological polar surface area (TPSA) is 47.6 Å². The maximum absolute atomic E-state index is 11.8. The van der Waals surface area contributed by atoms with Crippen molar-refractivity contribution >= 4 is 23.6 Å². The monoisotopic (exact) mass is 293 g/mol. The number of benzene rings is 1. The lowest BCUT2D eigenvalue weighted by molar-refractivity contribution is -0.117. The van der Waals surface area contributed by atoms with Gasteiger partial charge in [0.05, 0.1) is 5.02 Å². The first-order valence-electron chi connectivity index (χ1n) is 6.80. The van der Waals surface area contributed by atoms with Gasteiger partial charge in [-0.2, -0.15) is 0 Å². The molecule has 1 heterocycles. The molecule has 0 bridgehead atoms. The fourth-order valence-corrected chi connectivity index (χ4v) is 2.85. The number of nitrogens with one attached hydrogen (secondary N) is 1. The van der Waals surface area contributed by atoms with Crippen molar-refractivity contribution in [1.29, 1.82) is 0 Å². The largest absolute Gasteiger partial charge is 0.454 e. The average Bonchev–Trinajstić information content (AvgIpc) is 3.07. The predicted octanol–water partition coefficient (Wildman–Crippen LogP) is 3.14. The van der Waals surface area contributed by atoms with Crippen molar-refractivity contribution in [3.63, 3.8) is 0 Å². The minimum Gasteiger partial charge on any atom is -0.454 e. The van der Waals surface area contributed by atoms with E-state index in [4.69, 9.17) is 21.1 Å². The third-order valence-electron chi connectivity index (χ3n) is 3.58. The molecule has 1 N–H and O–H groups in total. The van der Waals surface area contributed by atoms with Crippen LogP contribution in [-0.2, 0) is 4.79 Å². The van der Waals surface area contributed by atoms with Crippen molar-refractivity contribution in [3.05, 3.63) is 28.8 Å². The maximum atomic E-state index is 11.8. The molecule has 1 amide bonds. The predicted molar refractivity (Wildman–Crippen MR) is 77.0 cm³/mol. The molecule has 20 heavy (non-hydrogen) atoms. The van der Waals surface area contributed by atoms with Crippen LogP contribution in [0.25, 0.3) is 6.08 Å². The molecule has 3 rings (SSSR count). The zero-order valence-corrected chi connectivity index (χ0v) is 11.8. The Morgan fingerprint density at radius 1 is 1.30 bits per heavy atom. The molecular formula is C15H16ClNO3. The van der Waals surface area contributed by atoms with Gasteiger partial charge in [0.2, 0.25) is 12.7 Å². The van der Waals surface area contributed by atoms with Crippen LogP contribution in [0.2, 0.25) is 5.02 Å². The summed E-state index contributed by atoms with van der Waals surface area (Å²) in [5, 5.41) is 3.50. The molecular weight excluding hydrogens is 278 g/mol. The van der Waals surface area contributed by atoms with Crippen LogP contribution in [0.15, 0.2) is 18.2 Å². The Hall–Kier alpha value is -1.68. The summed E-state index contributed by atoms with van der Waals surface area (Å²) in [5.41, 5.74) is 0.820. The van der Waals surface area contributed by atoms with Crippen LogP contribution >= 0.6 is 11.6 Å². The molecule has 1 fully saturated rings. The van der Waals surface area contributed by atoms with Gasteiger partial charge in [0.25, 0.3) is 0 Å². The van der Waals surface area contributed by atoms with Gasteiger partial charge in [-0.1, -0.05) is 24.4 Å². The van der Waals surface area contributed by atoms with Crippen molar-refractivity contribution in [2.75, 3.05) is 6.79 Å². The standard InChI is InChI=1S/C15H16ClNO3/c16-12-7-10(8-13-15(12)20-9-19-13)5-6-14(18)17-11-3-1-2-4-11/h5-8,11H,1-4,9H2,(H,17,18)/b6-5+. The number of hydrogen-bond donors (Lipinski definition) is 1. The van der Waals surface area contributed by atoms with Gasteiger partial charge in [-0.15, -0.1) is 0 Å². The average molecular weight is 294 g/mol. The Labute approximate surface area is 122 Å². The molecule has 4 nitrogen and oxygen atoms in total. The molecule has 1 aliphatic carbocycles. The molecule has 1 aliphatic heterocycles. The first-order chi connectivity index (χ1) is 9.72. The summed E-state index contributed by atoms with van der Waals surface area (Å²) in [6, 6.07) is 3.90. The minimum absolute atomic E-state index is 0.0642. The van der Waals surface area contributed by atoms with Gasteiger partial charge in [0.15, 0.2) is 11.5 Å². The Morgan fingerprint density at radius 2 is 2.10 bits per heavy atom. The molecule has 1 saturated carbocycles. The minimum atomic E-state index is -0.0642. The molecule has 1 aromatic rings. The van der Waals surface area contributed by atoms with Gasteiger partial charge >= 0.3 is 0 Å². The van der Waals surface area contributed by atoms with E-state index in [2.05, 4.69) is 5.32 Å². The fourth-order valence-electron chi connectivity index (χ4n) is 2.57. The van der Waals surface area contributed by atoms with Gasteiger partial charge in [-0.25, -0.2) is 0 Å². The molecule has 0 atom stereocenters. The van der Waals surface area contributed by atoms with Gasteiger partial charge < -0.3 is 14.8 Å². The molecule has 0 spiro atoms. The lowest BCUT2D eigenvalue weighted by Gasteiger charge is -2.09. The molecule has 5 heteroatoms. The molecule has 2 aliphatic rings. The number of amides is 1. The van der Waals surface area contributed by atoms with E-state index in [0.717, 1.165) is 18.4 Å². The summed E-state index contributed by atoms with van der Waals surface area (Å²) >= 11 is 6.09. The van der Waals surface area contributed by atoms with Gasteiger partial charge in [-0.05, 0) is 36.6 Å². The highest BCUT2D eigenvalue weighted by molar-refractivity contribution is 6.32. The highest BCUT2D eigenvalue weighted by Gasteiger charge is 2.18. The third-order valence-corrected chi connectivity index (χ3v) is 3.86. The number of ether oxygens (including phenoxy) is 2. The van der Waals surface area contributed by atoms with E-state index in [1.54, 1.807) is 12.1 Å². The highest BCUT2D eigenvalue weighted by atomic mass is 35.5. The van der Waals surface area contributed by atoms with E-state index in [9.17, 15) is 4.79 Å². The summed E-state index contributed by atoms with van der Waals surface area (Å²) in [6.07, 6.45) is 7.83. The van der Waals surface area contributed by atoms with E-state index in [1.807, 2.05) is 6.07 Å².